The molecule has 10 heteroatoms. The van der Waals surface area contributed by atoms with Crippen molar-refractivity contribution in [1.82, 2.24) is 15.1 Å². The summed E-state index contributed by atoms with van der Waals surface area (Å²) in [6.45, 7) is 1.68. The van der Waals surface area contributed by atoms with Crippen LogP contribution < -0.4 is 5.32 Å². The zero-order valence-electron chi connectivity index (χ0n) is 16.3. The van der Waals surface area contributed by atoms with Gasteiger partial charge in [0.1, 0.15) is 5.82 Å². The minimum Gasteiger partial charge on any atom is -0.370 e. The first-order chi connectivity index (χ1) is 14.2. The number of urea groups is 1. The lowest BCUT2D eigenvalue weighted by atomic mass is 9.84. The Bertz CT molecular complexity index is 826. The van der Waals surface area contributed by atoms with Crippen molar-refractivity contribution in [2.24, 2.45) is 5.92 Å². The van der Waals surface area contributed by atoms with Crippen molar-refractivity contribution in [1.29, 1.82) is 0 Å². The molecule has 164 valence electrons. The molecule has 4 rings (SSSR count). The number of benzene rings is 1. The summed E-state index contributed by atoms with van der Waals surface area (Å²) in [6.07, 6.45) is -2.62. The number of hydrogen-bond donors (Lipinski definition) is 1. The Morgan fingerprint density at radius 2 is 1.93 bits per heavy atom. The summed E-state index contributed by atoms with van der Waals surface area (Å²) in [5, 5.41) is 2.96. The van der Waals surface area contributed by atoms with Gasteiger partial charge >= 0.3 is 12.2 Å². The van der Waals surface area contributed by atoms with Crippen LogP contribution in [-0.4, -0.2) is 60.1 Å². The molecule has 30 heavy (non-hydrogen) atoms. The van der Waals surface area contributed by atoms with Gasteiger partial charge in [-0.15, -0.1) is 0 Å². The van der Waals surface area contributed by atoms with Crippen LogP contribution in [0.15, 0.2) is 18.2 Å². The monoisotopic (exact) mass is 429 g/mol. The number of alkyl halides is 3. The Hall–Kier alpha value is -2.36. The van der Waals surface area contributed by atoms with Gasteiger partial charge in [0.25, 0.3) is 0 Å². The van der Waals surface area contributed by atoms with E-state index in [1.54, 1.807) is 9.80 Å². The second-order valence-electron chi connectivity index (χ2n) is 8.13. The van der Waals surface area contributed by atoms with Crippen molar-refractivity contribution in [2.45, 2.75) is 44.2 Å². The van der Waals surface area contributed by atoms with Crippen molar-refractivity contribution in [3.8, 4) is 0 Å². The van der Waals surface area contributed by atoms with Gasteiger partial charge in [0.2, 0.25) is 5.91 Å². The lowest BCUT2D eigenvalue weighted by Gasteiger charge is -2.46. The number of halogens is 4. The molecule has 0 spiro atoms. The van der Waals surface area contributed by atoms with Gasteiger partial charge < -0.3 is 19.9 Å². The normalized spacial score (nSPS) is 24.9. The van der Waals surface area contributed by atoms with E-state index in [0.717, 1.165) is 25.0 Å². The quantitative estimate of drug-likeness (QED) is 0.752. The number of nitrogens with zero attached hydrogens (tertiary/aromatic N) is 2. The molecule has 3 saturated heterocycles. The Labute approximate surface area is 171 Å². The van der Waals surface area contributed by atoms with E-state index in [4.69, 9.17) is 4.74 Å². The summed E-state index contributed by atoms with van der Waals surface area (Å²) in [5.74, 6) is -0.522. The molecular formula is C20H23F4N3O3. The third-order valence-electron chi connectivity index (χ3n) is 6.09. The minimum absolute atomic E-state index is 0.0000753. The van der Waals surface area contributed by atoms with Gasteiger partial charge in [-0.1, -0.05) is 6.07 Å². The number of piperidine rings is 2. The van der Waals surface area contributed by atoms with E-state index in [-0.39, 0.29) is 36.3 Å². The van der Waals surface area contributed by atoms with Crippen LogP contribution in [0.25, 0.3) is 0 Å². The molecule has 1 aromatic carbocycles. The predicted octanol–water partition coefficient (Wildman–Crippen LogP) is 2.77. The highest BCUT2D eigenvalue weighted by atomic mass is 19.4. The molecule has 0 aliphatic carbocycles. The van der Waals surface area contributed by atoms with Crippen molar-refractivity contribution < 1.29 is 31.9 Å². The predicted molar refractivity (Wildman–Crippen MR) is 97.8 cm³/mol. The number of carbonyl (C=O) groups excluding carboxylic acids is 2. The zero-order chi connectivity index (χ0) is 21.5. The SMILES string of the molecule is O=C1CC[C@H]2CCN(C(=O)N3CC(OCc4ccc(C(F)(F)F)cc4F)C3)CC2N1. The average Bonchev–Trinajstić information content (AvgIpc) is 2.66. The third-order valence-corrected chi connectivity index (χ3v) is 6.09. The van der Waals surface area contributed by atoms with Crippen LogP contribution in [0, 0.1) is 11.7 Å². The molecule has 1 aromatic rings. The molecule has 3 heterocycles. The smallest absolute Gasteiger partial charge is 0.370 e. The van der Waals surface area contributed by atoms with Crippen LogP contribution in [0.4, 0.5) is 22.4 Å². The highest BCUT2D eigenvalue weighted by Gasteiger charge is 2.39. The molecule has 3 aliphatic heterocycles. The van der Waals surface area contributed by atoms with Gasteiger partial charge in [-0.3, -0.25) is 4.79 Å². The summed E-state index contributed by atoms with van der Waals surface area (Å²) >= 11 is 0. The topological polar surface area (TPSA) is 61.9 Å². The summed E-state index contributed by atoms with van der Waals surface area (Å²) < 4.78 is 57.2. The van der Waals surface area contributed by atoms with E-state index in [2.05, 4.69) is 5.32 Å². The van der Waals surface area contributed by atoms with Gasteiger partial charge in [0, 0.05) is 31.1 Å². The lowest BCUT2D eigenvalue weighted by Crippen LogP contribution is -2.63. The highest BCUT2D eigenvalue weighted by molar-refractivity contribution is 5.78. The summed E-state index contributed by atoms with van der Waals surface area (Å²) in [7, 11) is 0. The Kier molecular flexibility index (Phi) is 5.61. The van der Waals surface area contributed by atoms with Crippen molar-refractivity contribution >= 4 is 11.9 Å². The van der Waals surface area contributed by atoms with E-state index in [1.165, 1.54) is 0 Å². The van der Waals surface area contributed by atoms with E-state index in [1.807, 2.05) is 0 Å². The molecule has 0 radical (unpaired) electrons. The Morgan fingerprint density at radius 3 is 2.63 bits per heavy atom. The number of rotatable bonds is 3. The first-order valence-corrected chi connectivity index (χ1v) is 10.0. The van der Waals surface area contributed by atoms with E-state index in [0.29, 0.717) is 44.6 Å². The molecule has 2 atom stereocenters. The molecule has 1 unspecified atom stereocenters. The Balaban J connectivity index is 1.23. The fourth-order valence-electron chi connectivity index (χ4n) is 4.23. The summed E-state index contributed by atoms with van der Waals surface area (Å²) in [6, 6.07) is 2.24. The first-order valence-electron chi connectivity index (χ1n) is 10.0. The second-order valence-corrected chi connectivity index (χ2v) is 8.13. The maximum atomic E-state index is 13.9. The maximum Gasteiger partial charge on any atom is 0.416 e. The van der Waals surface area contributed by atoms with Crippen LogP contribution >= 0.6 is 0 Å². The molecule has 3 aliphatic rings. The largest absolute Gasteiger partial charge is 0.416 e. The highest BCUT2D eigenvalue weighted by Crippen LogP contribution is 2.31. The second kappa shape index (κ2) is 8.05. The molecule has 3 fully saturated rings. The molecule has 1 N–H and O–H groups in total. The molecule has 0 bridgehead atoms. The van der Waals surface area contributed by atoms with Crippen molar-refractivity contribution in [2.75, 3.05) is 26.2 Å². The number of likely N-dealkylation sites (tertiary alicyclic amines) is 2. The van der Waals surface area contributed by atoms with E-state index >= 15 is 0 Å². The fourth-order valence-corrected chi connectivity index (χ4v) is 4.23. The Morgan fingerprint density at radius 1 is 1.17 bits per heavy atom. The molecule has 3 amide bonds. The molecule has 6 nitrogen and oxygen atoms in total. The minimum atomic E-state index is -4.59. The van der Waals surface area contributed by atoms with Crippen LogP contribution in [0.1, 0.15) is 30.4 Å². The van der Waals surface area contributed by atoms with Crippen LogP contribution in [0.5, 0.6) is 0 Å². The van der Waals surface area contributed by atoms with Gasteiger partial charge in [0.05, 0.1) is 31.4 Å². The molecule has 0 aromatic heterocycles. The standard InChI is InChI=1S/C20H23F4N3O3/c21-16-7-14(20(22,23)24)3-1-13(16)11-30-15-8-27(9-15)19(29)26-6-5-12-2-4-18(28)25-17(12)10-26/h1,3,7,12,15,17H,2,4-6,8-11H2,(H,25,28)/t12-,17?/m0/s1. The van der Waals surface area contributed by atoms with Crippen LogP contribution in [-0.2, 0) is 22.3 Å². The maximum absolute atomic E-state index is 13.9. The van der Waals surface area contributed by atoms with Gasteiger partial charge in [-0.05, 0) is 30.9 Å². The number of carbonyl (C=O) groups is 2. The number of hydrogen-bond acceptors (Lipinski definition) is 3. The summed E-state index contributed by atoms with van der Waals surface area (Å²) in [5.41, 5.74) is -0.995. The van der Waals surface area contributed by atoms with Gasteiger partial charge in [0.15, 0.2) is 0 Å². The fraction of sp³-hybridized carbons (Fsp3) is 0.600. The van der Waals surface area contributed by atoms with Crippen LogP contribution in [0.3, 0.4) is 0 Å². The van der Waals surface area contributed by atoms with E-state index in [9.17, 15) is 27.2 Å². The van der Waals surface area contributed by atoms with Crippen molar-refractivity contribution in [3.05, 3.63) is 35.1 Å². The number of nitrogens with one attached hydrogen (secondary N) is 1. The lowest BCUT2D eigenvalue weighted by molar-refractivity contribution is -0.137. The number of ether oxygens (including phenoxy) is 1. The average molecular weight is 429 g/mol. The molecule has 0 saturated carbocycles. The van der Waals surface area contributed by atoms with Crippen LogP contribution in [0.2, 0.25) is 0 Å². The molecular weight excluding hydrogens is 406 g/mol. The first kappa shape index (κ1) is 20.9. The van der Waals surface area contributed by atoms with Gasteiger partial charge in [-0.25, -0.2) is 9.18 Å². The van der Waals surface area contributed by atoms with E-state index < -0.39 is 17.6 Å². The number of amides is 3. The third kappa shape index (κ3) is 4.38. The van der Waals surface area contributed by atoms with Crippen molar-refractivity contribution in [3.63, 3.8) is 0 Å². The number of fused-ring (bicyclic) bond motifs is 1. The zero-order valence-corrected chi connectivity index (χ0v) is 16.3. The van der Waals surface area contributed by atoms with Gasteiger partial charge in [-0.2, -0.15) is 13.2 Å². The summed E-state index contributed by atoms with van der Waals surface area (Å²) in [4.78, 5) is 27.6.